The van der Waals surface area contributed by atoms with Gasteiger partial charge < -0.3 is 49.0 Å². The number of nitrogens with zero attached hydrogens (tertiary/aromatic N) is 10. The molecule has 3 saturated heterocycles. The van der Waals surface area contributed by atoms with Gasteiger partial charge in [-0.15, -0.1) is 0 Å². The number of aromatic nitrogens is 6. The summed E-state index contributed by atoms with van der Waals surface area (Å²) in [6.45, 7) is 16.5. The van der Waals surface area contributed by atoms with Gasteiger partial charge in [-0.25, -0.2) is 19.6 Å². The number of carbonyl (C=O) groups is 2. The van der Waals surface area contributed by atoms with Crippen LogP contribution in [0.15, 0.2) is 109 Å². The lowest BCUT2D eigenvalue weighted by Gasteiger charge is -2.32. The molecule has 0 bridgehead atoms. The quantitative estimate of drug-likeness (QED) is 0.0842. The van der Waals surface area contributed by atoms with Gasteiger partial charge in [0.2, 0.25) is 0 Å². The molecule has 4 amide bonds. The first-order valence-electron chi connectivity index (χ1n) is 27.2. The molecule has 0 atom stereocenters. The van der Waals surface area contributed by atoms with Crippen LogP contribution in [-0.4, -0.2) is 161 Å². The molecule has 6 aromatic rings. The van der Waals surface area contributed by atoms with Crippen LogP contribution in [0.3, 0.4) is 0 Å². The van der Waals surface area contributed by atoms with E-state index in [0.717, 1.165) is 123 Å². The van der Waals surface area contributed by atoms with Crippen molar-refractivity contribution >= 4 is 59.3 Å². The molecule has 3 fully saturated rings. The Morgan fingerprint density at radius 2 is 1.06 bits per heavy atom. The van der Waals surface area contributed by atoms with Gasteiger partial charge in [-0.2, -0.15) is 36.5 Å². The zero-order valence-electron chi connectivity index (χ0n) is 47.9. The van der Waals surface area contributed by atoms with E-state index in [1.165, 1.54) is 0 Å². The number of ether oxygens (including phenoxy) is 2. The zero-order chi connectivity index (χ0) is 60.3. The highest BCUT2D eigenvalue weighted by molar-refractivity contribution is 6.62. The molecule has 0 unspecified atom stereocenters. The Kier molecular flexibility index (Phi) is 18.2. The van der Waals surface area contributed by atoms with Crippen molar-refractivity contribution in [1.29, 1.82) is 0 Å². The second-order valence-corrected chi connectivity index (χ2v) is 22.3. The molecule has 0 spiro atoms. The van der Waals surface area contributed by atoms with Crippen molar-refractivity contribution in [2.75, 3.05) is 99.2 Å². The summed E-state index contributed by atoms with van der Waals surface area (Å²) in [7, 11) is 3.14. The molecular weight excluding hydrogens is 1120 g/mol. The van der Waals surface area contributed by atoms with Crippen LogP contribution >= 0.6 is 11.6 Å². The van der Waals surface area contributed by atoms with Crippen LogP contribution in [0, 0.1) is 13.8 Å². The van der Waals surface area contributed by atoms with E-state index in [0.29, 0.717) is 29.6 Å². The average molecular weight is 1190 g/mol. The molecule has 0 saturated carbocycles. The largest absolute Gasteiger partial charge is 0.495 e. The Morgan fingerprint density at radius 1 is 0.607 bits per heavy atom. The van der Waals surface area contributed by atoms with Gasteiger partial charge in [0, 0.05) is 93.3 Å². The maximum atomic E-state index is 13.0. The number of aryl methyl sites for hydroxylation is 4. The van der Waals surface area contributed by atoms with Crippen LogP contribution in [0.5, 0.6) is 0 Å². The number of amides is 4. The molecule has 5 aliphatic rings. The van der Waals surface area contributed by atoms with Crippen molar-refractivity contribution in [1.82, 2.24) is 39.3 Å². The van der Waals surface area contributed by atoms with Gasteiger partial charge in [0.25, 0.3) is 0 Å². The van der Waals surface area contributed by atoms with Gasteiger partial charge in [-0.1, -0.05) is 41.4 Å². The summed E-state index contributed by atoms with van der Waals surface area (Å²) in [6.07, 6.45) is 0.620. The SMILES string of the molecule is Cc1ccc(NC(=O)N2CC=C(C(F)(F)F)C2)cc1-c1cc(-c2cnn(C)c2)nc(N2CCOCC2)c1.Cc1ccc(NC(=O)N2CC=C(C(F)(F)F)C2)cc1B1OC(C)(C)C(C)(C)O1.Cn1cc(-c2cc(Cl)cc(N3CCOCC3)n2)cn1. The maximum absolute atomic E-state index is 13.0. The summed E-state index contributed by atoms with van der Waals surface area (Å²) >= 11 is 6.20. The predicted octanol–water partition coefficient (Wildman–Crippen LogP) is 10.2. The summed E-state index contributed by atoms with van der Waals surface area (Å²) in [5, 5.41) is 14.5. The number of hydrogen-bond acceptors (Lipinski definition) is 12. The predicted molar refractivity (Wildman–Crippen MR) is 310 cm³/mol. The van der Waals surface area contributed by atoms with E-state index < -0.39 is 67.0 Å². The summed E-state index contributed by atoms with van der Waals surface area (Å²) in [6, 6.07) is 17.3. The molecule has 0 aliphatic carbocycles. The van der Waals surface area contributed by atoms with Crippen LogP contribution in [0.25, 0.3) is 33.6 Å². The Hall–Kier alpha value is -7.45. The minimum Gasteiger partial charge on any atom is -0.399 e. The highest BCUT2D eigenvalue weighted by Gasteiger charge is 2.52. The lowest BCUT2D eigenvalue weighted by Crippen LogP contribution is -2.41. The fourth-order valence-corrected chi connectivity index (χ4v) is 9.86. The van der Waals surface area contributed by atoms with Gasteiger partial charge in [-0.3, -0.25) is 9.36 Å². The third-order valence-electron chi connectivity index (χ3n) is 15.2. The van der Waals surface area contributed by atoms with E-state index in [1.54, 1.807) is 40.0 Å². The number of carbonyl (C=O) groups excluding carboxylic acids is 2. The number of halogens is 7. The van der Waals surface area contributed by atoms with E-state index in [1.807, 2.05) is 110 Å². The second-order valence-electron chi connectivity index (χ2n) is 21.9. The van der Waals surface area contributed by atoms with Crippen molar-refractivity contribution < 1.29 is 54.7 Å². The molecule has 2 aromatic carbocycles. The van der Waals surface area contributed by atoms with Crippen LogP contribution in [0.4, 0.5) is 58.9 Å². The van der Waals surface area contributed by atoms with Gasteiger partial charge in [0.15, 0.2) is 0 Å². The van der Waals surface area contributed by atoms with E-state index in [9.17, 15) is 35.9 Å². The van der Waals surface area contributed by atoms with Crippen molar-refractivity contribution in [3.05, 3.63) is 125 Å². The molecule has 2 N–H and O–H groups in total. The number of anilines is 4. The molecular formula is C58H66BClF6N12O6. The third-order valence-corrected chi connectivity index (χ3v) is 15.5. The Morgan fingerprint density at radius 3 is 1.51 bits per heavy atom. The molecule has 4 aromatic heterocycles. The summed E-state index contributed by atoms with van der Waals surface area (Å²) in [5.74, 6) is 1.71. The van der Waals surface area contributed by atoms with E-state index in [-0.39, 0.29) is 13.1 Å². The van der Waals surface area contributed by atoms with Crippen LogP contribution in [0.2, 0.25) is 5.02 Å². The highest BCUT2D eigenvalue weighted by Crippen LogP contribution is 2.38. The normalized spacial score (nSPS) is 17.7. The molecule has 446 valence electrons. The average Bonchev–Trinajstić information content (AvgIpc) is 4.01. The number of rotatable bonds is 8. The number of nitrogens with one attached hydrogen (secondary N) is 2. The monoisotopic (exact) mass is 1190 g/mol. The zero-order valence-corrected chi connectivity index (χ0v) is 48.6. The molecule has 5 aliphatic heterocycles. The first kappa shape index (κ1) is 61.1. The number of morpholine rings is 2. The van der Waals surface area contributed by atoms with Crippen LogP contribution < -0.4 is 25.9 Å². The van der Waals surface area contributed by atoms with Gasteiger partial charge >= 0.3 is 31.5 Å². The van der Waals surface area contributed by atoms with Gasteiger partial charge in [-0.05, 0) is 112 Å². The molecule has 84 heavy (non-hydrogen) atoms. The lowest BCUT2D eigenvalue weighted by atomic mass is 9.76. The number of alkyl halides is 6. The number of urea groups is 2. The summed E-state index contributed by atoms with van der Waals surface area (Å²) < 4.78 is 104. The van der Waals surface area contributed by atoms with E-state index in [4.69, 9.17) is 35.4 Å². The molecule has 9 heterocycles. The molecule has 0 radical (unpaired) electrons. The number of hydrogen-bond donors (Lipinski definition) is 2. The first-order chi connectivity index (χ1) is 39.7. The molecule has 26 heteroatoms. The molecule has 11 rings (SSSR count). The topological polar surface area (TPSA) is 170 Å². The Labute approximate surface area is 488 Å². The summed E-state index contributed by atoms with van der Waals surface area (Å²) in [5.41, 5.74) is 6.50. The van der Waals surface area contributed by atoms with E-state index >= 15 is 0 Å². The fraction of sp³-hybridized carbons (Fsp3) is 0.414. The van der Waals surface area contributed by atoms with Crippen LogP contribution in [0.1, 0.15) is 38.8 Å². The number of benzene rings is 2. The minimum atomic E-state index is -4.43. The first-order valence-corrected chi connectivity index (χ1v) is 27.6. The van der Waals surface area contributed by atoms with Gasteiger partial charge in [0.1, 0.15) is 11.6 Å². The van der Waals surface area contributed by atoms with Gasteiger partial charge in [0.05, 0.1) is 85.6 Å². The van der Waals surface area contributed by atoms with Crippen LogP contribution in [-0.2, 0) is 32.9 Å². The smallest absolute Gasteiger partial charge is 0.399 e. The third kappa shape index (κ3) is 14.7. The second kappa shape index (κ2) is 25.0. The fourth-order valence-electron chi connectivity index (χ4n) is 9.66. The minimum absolute atomic E-state index is 0.0728. The number of pyridine rings is 2. The van der Waals surface area contributed by atoms with Crippen molar-refractivity contribution in [2.45, 2.75) is 65.1 Å². The Balaban J connectivity index is 0.000000159. The highest BCUT2D eigenvalue weighted by atomic mass is 35.5. The molecule has 18 nitrogen and oxygen atoms in total. The van der Waals surface area contributed by atoms with Crippen molar-refractivity contribution in [3.8, 4) is 33.6 Å². The summed E-state index contributed by atoms with van der Waals surface area (Å²) in [4.78, 5) is 41.2. The maximum Gasteiger partial charge on any atom is 0.495 e. The van der Waals surface area contributed by atoms with Crippen molar-refractivity contribution in [3.63, 3.8) is 0 Å². The Bertz CT molecular complexity index is 3410. The van der Waals surface area contributed by atoms with Crippen molar-refractivity contribution in [2.24, 2.45) is 14.1 Å². The lowest BCUT2D eigenvalue weighted by molar-refractivity contribution is -0.0938. The standard InChI is InChI=1S/C26H27F3N6O2.C19H24BF3N2O3.C13H15ClN4O/c1-17-3-4-21(31-25(36)35-6-5-20(16-35)26(27,28)29)13-22(17)18-11-23(19-14-30-33(2)15-19)32-24(12-18)34-7-9-37-10-8-34;1-12-6-7-14(10-15(12)20-27-17(2,3)18(4,5)28-20)24-16(26)25-9-8-13(11-25)19(21,22)23;1-17-9-10(8-15-17)12-6-11(14)7-13(16-12)18-2-4-19-5-3-18/h3-5,11-15H,6-10,16H2,1-2H3,(H,31,36);6-8,10H,9,11H2,1-5H3,(H,24,26);6-9H,2-5H2,1H3. The van der Waals surface area contributed by atoms with E-state index in [2.05, 4.69) is 35.6 Å².